The normalized spacial score (nSPS) is 12.1. The van der Waals surface area contributed by atoms with Gasteiger partial charge in [-0.25, -0.2) is 0 Å². The Kier molecular flexibility index (Phi) is 7.36. The third-order valence-corrected chi connectivity index (χ3v) is 7.37. The molecule has 19 heavy (non-hydrogen) atoms. The monoisotopic (exact) mass is 277 g/mol. The van der Waals surface area contributed by atoms with Gasteiger partial charge in [-0.1, -0.05) is 71.5 Å². The molecule has 1 aromatic rings. The summed E-state index contributed by atoms with van der Waals surface area (Å²) in [5.74, 6) is 0.920. The van der Waals surface area contributed by atoms with Crippen LogP contribution in [0, 0.1) is 5.92 Å². The van der Waals surface area contributed by atoms with E-state index in [1.165, 1.54) is 49.9 Å². The molecule has 1 nitrogen and oxygen atoms in total. The van der Waals surface area contributed by atoms with Gasteiger partial charge in [0.15, 0.2) is 0 Å². The first-order chi connectivity index (χ1) is 9.10. The Labute approximate surface area is 120 Å². The Bertz CT molecular complexity index is 326. The van der Waals surface area contributed by atoms with E-state index in [4.69, 9.17) is 0 Å². The van der Waals surface area contributed by atoms with Crippen LogP contribution in [0.4, 0.5) is 0 Å². The van der Waals surface area contributed by atoms with E-state index in [1.807, 2.05) is 12.3 Å². The average Bonchev–Trinajstić information content (AvgIpc) is 2.42. The summed E-state index contributed by atoms with van der Waals surface area (Å²) in [6.07, 6.45) is 10.2. The average molecular weight is 278 g/mol. The number of hydrogen-bond donors (Lipinski definition) is 0. The standard InChI is InChI=1S/C17H31NSi/c1-5-7-11-16(12-8-6-2)15-19(3,4)17-13-9-10-14-18-17/h9-10,13-14,16H,5-8,11-12,15H2,1-4H3. The van der Waals surface area contributed by atoms with Gasteiger partial charge in [0, 0.05) is 11.5 Å². The smallest absolute Gasteiger partial charge is 0.104 e. The summed E-state index contributed by atoms with van der Waals surface area (Å²) in [4.78, 5) is 4.63. The molecule has 0 aliphatic rings. The van der Waals surface area contributed by atoms with Crippen molar-refractivity contribution < 1.29 is 0 Å². The highest BCUT2D eigenvalue weighted by Gasteiger charge is 2.28. The predicted octanol–water partition coefficient (Wildman–Crippen LogP) is 4.99. The van der Waals surface area contributed by atoms with Crippen LogP contribution in [0.3, 0.4) is 0 Å². The minimum Gasteiger partial charge on any atom is -0.266 e. The minimum absolute atomic E-state index is 0.920. The van der Waals surface area contributed by atoms with Crippen LogP contribution in [-0.2, 0) is 0 Å². The van der Waals surface area contributed by atoms with Crippen LogP contribution in [0.1, 0.15) is 52.4 Å². The summed E-state index contributed by atoms with van der Waals surface area (Å²) >= 11 is 0. The minimum atomic E-state index is -1.35. The lowest BCUT2D eigenvalue weighted by atomic mass is 9.98. The number of rotatable bonds is 9. The van der Waals surface area contributed by atoms with E-state index in [9.17, 15) is 0 Å². The van der Waals surface area contributed by atoms with Crippen LogP contribution >= 0.6 is 0 Å². The van der Waals surface area contributed by atoms with Crippen LogP contribution in [-0.4, -0.2) is 13.1 Å². The molecule has 1 aromatic heterocycles. The molecule has 0 N–H and O–H groups in total. The Hall–Kier alpha value is -0.633. The van der Waals surface area contributed by atoms with Crippen molar-refractivity contribution in [3.8, 4) is 0 Å². The van der Waals surface area contributed by atoms with Crippen molar-refractivity contribution in [2.75, 3.05) is 0 Å². The number of nitrogens with zero attached hydrogens (tertiary/aromatic N) is 1. The van der Waals surface area contributed by atoms with Gasteiger partial charge in [0.05, 0.1) is 0 Å². The fourth-order valence-corrected chi connectivity index (χ4v) is 5.96. The molecule has 0 aliphatic heterocycles. The maximum absolute atomic E-state index is 4.63. The van der Waals surface area contributed by atoms with Gasteiger partial charge in [-0.2, -0.15) is 0 Å². The Morgan fingerprint density at radius 3 is 2.16 bits per heavy atom. The first kappa shape index (κ1) is 16.4. The molecular formula is C17H31NSi. The largest absolute Gasteiger partial charge is 0.266 e. The zero-order valence-corrected chi connectivity index (χ0v) is 14.3. The van der Waals surface area contributed by atoms with Crippen LogP contribution in [0.5, 0.6) is 0 Å². The van der Waals surface area contributed by atoms with Gasteiger partial charge in [-0.05, 0) is 24.1 Å². The zero-order chi connectivity index (χ0) is 14.1. The number of aromatic nitrogens is 1. The fraction of sp³-hybridized carbons (Fsp3) is 0.706. The van der Waals surface area contributed by atoms with E-state index in [1.54, 1.807) is 0 Å². The molecule has 0 aromatic carbocycles. The molecule has 0 amide bonds. The molecule has 0 atom stereocenters. The van der Waals surface area contributed by atoms with Crippen LogP contribution in [0.2, 0.25) is 19.1 Å². The number of hydrogen-bond acceptors (Lipinski definition) is 1. The first-order valence-corrected chi connectivity index (χ1v) is 11.2. The second-order valence-corrected chi connectivity index (χ2v) is 11.1. The SMILES string of the molecule is CCCCC(CCCC)C[Si](C)(C)c1ccccn1. The van der Waals surface area contributed by atoms with E-state index >= 15 is 0 Å². The molecule has 0 fully saturated rings. The Balaban J connectivity index is 2.64. The summed E-state index contributed by atoms with van der Waals surface area (Å²) in [5.41, 5.74) is 0. The van der Waals surface area contributed by atoms with Crippen LogP contribution in [0.15, 0.2) is 24.4 Å². The zero-order valence-electron chi connectivity index (χ0n) is 13.3. The lowest BCUT2D eigenvalue weighted by Gasteiger charge is -2.27. The summed E-state index contributed by atoms with van der Waals surface area (Å²) in [7, 11) is -1.35. The van der Waals surface area contributed by atoms with Gasteiger partial charge in [0.25, 0.3) is 0 Å². The van der Waals surface area contributed by atoms with Gasteiger partial charge >= 0.3 is 0 Å². The molecule has 0 saturated heterocycles. The van der Waals surface area contributed by atoms with Crippen molar-refractivity contribution in [2.24, 2.45) is 5.92 Å². The molecule has 0 spiro atoms. The maximum atomic E-state index is 4.63. The summed E-state index contributed by atoms with van der Waals surface area (Å²) in [6, 6.07) is 7.82. The van der Waals surface area contributed by atoms with Crippen molar-refractivity contribution in [3.63, 3.8) is 0 Å². The van der Waals surface area contributed by atoms with Crippen molar-refractivity contribution in [1.82, 2.24) is 4.98 Å². The molecule has 1 heterocycles. The fourth-order valence-electron chi connectivity index (χ4n) is 2.92. The number of pyridine rings is 1. The van der Waals surface area contributed by atoms with E-state index in [-0.39, 0.29) is 0 Å². The van der Waals surface area contributed by atoms with Crippen LogP contribution < -0.4 is 5.32 Å². The van der Waals surface area contributed by atoms with Crippen molar-refractivity contribution in [2.45, 2.75) is 71.5 Å². The third-order valence-electron chi connectivity index (χ3n) is 4.09. The van der Waals surface area contributed by atoms with Crippen molar-refractivity contribution in [3.05, 3.63) is 24.4 Å². The van der Waals surface area contributed by atoms with E-state index in [0.717, 1.165) is 5.92 Å². The van der Waals surface area contributed by atoms with Gasteiger partial charge in [-0.3, -0.25) is 4.98 Å². The van der Waals surface area contributed by atoms with Gasteiger partial charge in [-0.15, -0.1) is 0 Å². The van der Waals surface area contributed by atoms with Crippen molar-refractivity contribution >= 4 is 13.4 Å². The molecular weight excluding hydrogens is 246 g/mol. The lowest BCUT2D eigenvalue weighted by molar-refractivity contribution is 0.450. The Morgan fingerprint density at radius 1 is 1.05 bits per heavy atom. The lowest BCUT2D eigenvalue weighted by Crippen LogP contribution is -2.44. The van der Waals surface area contributed by atoms with Gasteiger partial charge in [0.1, 0.15) is 8.07 Å². The molecule has 0 saturated carbocycles. The molecule has 0 bridgehead atoms. The molecule has 0 radical (unpaired) electrons. The van der Waals surface area contributed by atoms with Gasteiger partial charge in [0.2, 0.25) is 0 Å². The molecule has 1 rings (SSSR count). The molecule has 0 aliphatic carbocycles. The summed E-state index contributed by atoms with van der Waals surface area (Å²) in [6.45, 7) is 9.58. The highest BCUT2D eigenvalue weighted by Crippen LogP contribution is 2.26. The Morgan fingerprint density at radius 2 is 1.68 bits per heavy atom. The second-order valence-electron chi connectivity index (χ2n) is 6.45. The highest BCUT2D eigenvalue weighted by atomic mass is 28.3. The van der Waals surface area contributed by atoms with Crippen LogP contribution in [0.25, 0.3) is 0 Å². The van der Waals surface area contributed by atoms with E-state index < -0.39 is 8.07 Å². The predicted molar refractivity (Wildman–Crippen MR) is 88.7 cm³/mol. The summed E-state index contributed by atoms with van der Waals surface area (Å²) < 4.78 is 0. The molecule has 2 heteroatoms. The third kappa shape index (κ3) is 5.90. The maximum Gasteiger partial charge on any atom is 0.104 e. The quantitative estimate of drug-likeness (QED) is 0.579. The molecule has 108 valence electrons. The topological polar surface area (TPSA) is 12.9 Å². The second kappa shape index (κ2) is 8.52. The van der Waals surface area contributed by atoms with E-state index in [0.29, 0.717) is 0 Å². The highest BCUT2D eigenvalue weighted by molar-refractivity contribution is 6.89. The molecule has 0 unspecified atom stereocenters. The summed E-state index contributed by atoms with van der Waals surface area (Å²) in [5, 5.41) is 1.38. The first-order valence-electron chi connectivity index (χ1n) is 8.01. The van der Waals surface area contributed by atoms with Gasteiger partial charge < -0.3 is 0 Å². The van der Waals surface area contributed by atoms with E-state index in [2.05, 4.69) is 44.1 Å². The number of unbranched alkanes of at least 4 members (excludes halogenated alkanes) is 2. The van der Waals surface area contributed by atoms with Crippen molar-refractivity contribution in [1.29, 1.82) is 0 Å².